The third kappa shape index (κ3) is 5.19. The van der Waals surface area contributed by atoms with Crippen LogP contribution < -0.4 is 9.04 Å². The van der Waals surface area contributed by atoms with Crippen molar-refractivity contribution in [3.05, 3.63) is 53.6 Å². The number of hydrogen-bond donors (Lipinski definition) is 0. The number of methoxy groups -OCH3 is 1. The van der Waals surface area contributed by atoms with E-state index in [-0.39, 0.29) is 17.3 Å². The van der Waals surface area contributed by atoms with Crippen molar-refractivity contribution < 1.29 is 17.9 Å². The number of carbonyl (C=O) groups is 1. The topological polar surface area (TPSA) is 70.2 Å². The third-order valence-corrected chi connectivity index (χ3v) is 7.44. The lowest BCUT2D eigenvalue weighted by Gasteiger charge is -2.35. The van der Waals surface area contributed by atoms with Crippen molar-refractivity contribution in [3.63, 3.8) is 0 Å². The molecule has 0 unspecified atom stereocenters. The largest absolute Gasteiger partial charge is 0.495 e. The second-order valence-electron chi connectivity index (χ2n) is 7.82. The fourth-order valence-corrected chi connectivity index (χ4v) is 5.08. The molecule has 1 amide bonds. The summed E-state index contributed by atoms with van der Waals surface area (Å²) in [6.45, 7) is 9.31. The van der Waals surface area contributed by atoms with E-state index in [4.69, 9.17) is 4.74 Å². The summed E-state index contributed by atoms with van der Waals surface area (Å²) in [6, 6.07) is 12.0. The van der Waals surface area contributed by atoms with E-state index in [0.29, 0.717) is 24.5 Å². The molecule has 7 nitrogen and oxygen atoms in total. The van der Waals surface area contributed by atoms with Crippen molar-refractivity contribution in [2.45, 2.75) is 25.7 Å². The Morgan fingerprint density at radius 1 is 1.00 bits per heavy atom. The third-order valence-electron chi connectivity index (χ3n) is 5.66. The van der Waals surface area contributed by atoms with Crippen LogP contribution in [0, 0.1) is 13.8 Å². The average Bonchev–Trinajstić information content (AvgIpc) is 2.77. The van der Waals surface area contributed by atoms with Crippen molar-refractivity contribution in [1.29, 1.82) is 0 Å². The van der Waals surface area contributed by atoms with Gasteiger partial charge in [0.05, 0.1) is 17.7 Å². The van der Waals surface area contributed by atoms with Crippen LogP contribution in [0.1, 0.15) is 18.1 Å². The molecule has 0 saturated carbocycles. The van der Waals surface area contributed by atoms with Crippen LogP contribution in [0.5, 0.6) is 5.75 Å². The molecule has 0 bridgehead atoms. The zero-order chi connectivity index (χ0) is 22.6. The zero-order valence-electron chi connectivity index (χ0n) is 18.7. The van der Waals surface area contributed by atoms with Crippen LogP contribution in [0.4, 0.5) is 5.69 Å². The highest BCUT2D eigenvalue weighted by Crippen LogP contribution is 2.33. The molecular formula is C23H31N3O4S. The van der Waals surface area contributed by atoms with E-state index in [1.54, 1.807) is 41.3 Å². The minimum Gasteiger partial charge on any atom is -0.495 e. The number of sulfonamides is 1. The van der Waals surface area contributed by atoms with Gasteiger partial charge in [0.15, 0.2) is 0 Å². The fourth-order valence-electron chi connectivity index (χ4n) is 3.67. The second-order valence-corrected chi connectivity index (χ2v) is 9.68. The summed E-state index contributed by atoms with van der Waals surface area (Å²) in [6.07, 6.45) is 0. The Bertz CT molecular complexity index is 1010. The Morgan fingerprint density at radius 3 is 2.19 bits per heavy atom. The minimum absolute atomic E-state index is 0.144. The maximum absolute atomic E-state index is 13.6. The zero-order valence-corrected chi connectivity index (χ0v) is 19.5. The van der Waals surface area contributed by atoms with Gasteiger partial charge in [-0.1, -0.05) is 30.7 Å². The van der Waals surface area contributed by atoms with Crippen LogP contribution in [0.2, 0.25) is 0 Å². The Balaban J connectivity index is 1.98. The number of rotatable bonds is 7. The maximum Gasteiger partial charge on any atom is 0.264 e. The molecule has 1 aliphatic rings. The summed E-state index contributed by atoms with van der Waals surface area (Å²) in [5.74, 6) is 0.194. The van der Waals surface area contributed by atoms with E-state index in [1.165, 1.54) is 11.4 Å². The lowest BCUT2D eigenvalue weighted by Crippen LogP contribution is -2.51. The summed E-state index contributed by atoms with van der Waals surface area (Å²) in [5.41, 5.74) is 2.20. The first-order chi connectivity index (χ1) is 14.8. The van der Waals surface area contributed by atoms with Crippen LogP contribution in [0.15, 0.2) is 47.4 Å². The SMILES string of the molecule is CCN1CCN(C(=O)CN(c2cc(C)ccc2OC)S(=O)(=O)c2ccc(C)cc2)CC1. The molecule has 0 atom stereocenters. The van der Waals surface area contributed by atoms with E-state index in [9.17, 15) is 13.2 Å². The van der Waals surface area contributed by atoms with Gasteiger partial charge in [-0.3, -0.25) is 9.10 Å². The Labute approximate surface area is 185 Å². The number of nitrogens with zero attached hydrogens (tertiary/aromatic N) is 3. The van der Waals surface area contributed by atoms with E-state index in [1.807, 2.05) is 19.9 Å². The van der Waals surface area contributed by atoms with Crippen molar-refractivity contribution in [3.8, 4) is 5.75 Å². The smallest absolute Gasteiger partial charge is 0.264 e. The lowest BCUT2D eigenvalue weighted by molar-refractivity contribution is -0.131. The molecule has 168 valence electrons. The van der Waals surface area contributed by atoms with Gasteiger partial charge in [-0.2, -0.15) is 0 Å². The van der Waals surface area contributed by atoms with Gasteiger partial charge < -0.3 is 14.5 Å². The van der Waals surface area contributed by atoms with Crippen molar-refractivity contribution in [1.82, 2.24) is 9.80 Å². The molecule has 0 N–H and O–H groups in total. The minimum atomic E-state index is -3.97. The van der Waals surface area contributed by atoms with Gasteiger partial charge in [0.2, 0.25) is 5.91 Å². The highest BCUT2D eigenvalue weighted by atomic mass is 32.2. The molecule has 1 aliphatic heterocycles. The van der Waals surface area contributed by atoms with Crippen molar-refractivity contribution >= 4 is 21.6 Å². The van der Waals surface area contributed by atoms with Gasteiger partial charge in [0, 0.05) is 26.2 Å². The Morgan fingerprint density at radius 2 is 1.61 bits per heavy atom. The molecule has 2 aromatic rings. The van der Waals surface area contributed by atoms with Gasteiger partial charge >= 0.3 is 0 Å². The molecule has 0 radical (unpaired) electrons. The number of ether oxygens (including phenoxy) is 1. The van der Waals surface area contributed by atoms with Gasteiger partial charge in [0.1, 0.15) is 12.3 Å². The highest BCUT2D eigenvalue weighted by molar-refractivity contribution is 7.92. The van der Waals surface area contributed by atoms with Crippen LogP contribution >= 0.6 is 0 Å². The summed E-state index contributed by atoms with van der Waals surface area (Å²) in [5, 5.41) is 0. The molecule has 1 fully saturated rings. The molecule has 2 aromatic carbocycles. The van der Waals surface area contributed by atoms with E-state index >= 15 is 0 Å². The van der Waals surface area contributed by atoms with Crippen molar-refractivity contribution in [2.24, 2.45) is 0 Å². The first kappa shape index (κ1) is 23.1. The predicted molar refractivity (Wildman–Crippen MR) is 122 cm³/mol. The monoisotopic (exact) mass is 445 g/mol. The molecule has 31 heavy (non-hydrogen) atoms. The second kappa shape index (κ2) is 9.70. The average molecular weight is 446 g/mol. The maximum atomic E-state index is 13.6. The van der Waals surface area contributed by atoms with E-state index in [2.05, 4.69) is 11.8 Å². The molecular weight excluding hydrogens is 414 g/mol. The number of benzene rings is 2. The van der Waals surface area contributed by atoms with Crippen LogP contribution in [0.3, 0.4) is 0 Å². The van der Waals surface area contributed by atoms with E-state index in [0.717, 1.165) is 30.8 Å². The van der Waals surface area contributed by atoms with E-state index < -0.39 is 10.0 Å². The fraction of sp³-hybridized carbons (Fsp3) is 0.435. The molecule has 1 saturated heterocycles. The standard InChI is InChI=1S/C23H31N3O4S/c1-5-24-12-14-25(15-13-24)23(27)17-26(21-16-19(3)8-11-22(21)30-4)31(28,29)20-9-6-18(2)7-10-20/h6-11,16H,5,12-15,17H2,1-4H3. The lowest BCUT2D eigenvalue weighted by atomic mass is 10.2. The number of aryl methyl sites for hydroxylation is 2. The first-order valence-electron chi connectivity index (χ1n) is 10.5. The molecule has 8 heteroatoms. The predicted octanol–water partition coefficient (Wildman–Crippen LogP) is 2.67. The van der Waals surface area contributed by atoms with Crippen LogP contribution in [-0.4, -0.2) is 70.5 Å². The van der Waals surface area contributed by atoms with Gasteiger partial charge in [0.25, 0.3) is 10.0 Å². The van der Waals surface area contributed by atoms with Crippen molar-refractivity contribution in [2.75, 3.05) is 50.7 Å². The number of hydrogen-bond acceptors (Lipinski definition) is 5. The van der Waals surface area contributed by atoms with Gasteiger partial charge in [-0.05, 0) is 50.2 Å². The first-order valence-corrected chi connectivity index (χ1v) is 11.9. The normalized spacial score (nSPS) is 15.0. The number of carbonyl (C=O) groups excluding carboxylic acids is 1. The van der Waals surface area contributed by atoms with Gasteiger partial charge in [-0.15, -0.1) is 0 Å². The van der Waals surface area contributed by atoms with Gasteiger partial charge in [-0.25, -0.2) is 8.42 Å². The van der Waals surface area contributed by atoms with Crippen LogP contribution in [0.25, 0.3) is 0 Å². The highest BCUT2D eigenvalue weighted by Gasteiger charge is 2.31. The molecule has 0 aliphatic carbocycles. The Kier molecular flexibility index (Phi) is 7.23. The number of anilines is 1. The molecule has 3 rings (SSSR count). The quantitative estimate of drug-likeness (QED) is 0.655. The Hall–Kier alpha value is -2.58. The number of amides is 1. The summed E-state index contributed by atoms with van der Waals surface area (Å²) in [4.78, 5) is 17.3. The van der Waals surface area contributed by atoms with Crippen LogP contribution in [-0.2, 0) is 14.8 Å². The summed E-state index contributed by atoms with van der Waals surface area (Å²) < 4.78 is 33.9. The molecule has 0 aromatic heterocycles. The molecule has 0 spiro atoms. The number of likely N-dealkylation sites (N-methyl/N-ethyl adjacent to an activating group) is 1. The summed E-state index contributed by atoms with van der Waals surface area (Å²) >= 11 is 0. The number of piperazine rings is 1. The summed E-state index contributed by atoms with van der Waals surface area (Å²) in [7, 11) is -2.48. The molecule has 1 heterocycles.